The van der Waals surface area contributed by atoms with Crippen molar-refractivity contribution >= 4 is 17.3 Å². The Morgan fingerprint density at radius 1 is 1.15 bits per heavy atom. The minimum Gasteiger partial charge on any atom is -0.497 e. The Bertz CT molecular complexity index is 631. The van der Waals surface area contributed by atoms with E-state index in [1.54, 1.807) is 7.11 Å². The van der Waals surface area contributed by atoms with Gasteiger partial charge in [-0.2, -0.15) is 0 Å². The number of methoxy groups -OCH3 is 1. The molecule has 1 heterocycles. The fraction of sp³-hybridized carbons (Fsp3) is 0.200. The van der Waals surface area contributed by atoms with Crippen LogP contribution in [0.25, 0.3) is 0 Å². The van der Waals surface area contributed by atoms with Gasteiger partial charge in [0.25, 0.3) is 0 Å². The molecular formula is C15H14ClNO3. The number of halogens is 1. The van der Waals surface area contributed by atoms with Crippen LogP contribution in [-0.2, 0) is 6.54 Å². The number of ether oxygens (including phenoxy) is 3. The molecule has 1 N–H and O–H groups in total. The van der Waals surface area contributed by atoms with Crippen molar-refractivity contribution in [2.75, 3.05) is 19.2 Å². The van der Waals surface area contributed by atoms with Gasteiger partial charge in [-0.05, 0) is 29.8 Å². The van der Waals surface area contributed by atoms with Crippen molar-refractivity contribution in [2.45, 2.75) is 6.54 Å². The van der Waals surface area contributed by atoms with Gasteiger partial charge in [0.2, 0.25) is 6.79 Å². The molecule has 0 atom stereocenters. The molecule has 0 bridgehead atoms. The molecule has 1 aliphatic rings. The molecule has 0 saturated heterocycles. The Morgan fingerprint density at radius 3 is 2.85 bits per heavy atom. The van der Waals surface area contributed by atoms with E-state index in [9.17, 15) is 0 Å². The van der Waals surface area contributed by atoms with E-state index in [1.165, 1.54) is 0 Å². The second-order valence-corrected chi connectivity index (χ2v) is 4.79. The third-order valence-corrected chi connectivity index (χ3v) is 3.42. The molecule has 0 unspecified atom stereocenters. The maximum atomic E-state index is 6.15. The highest BCUT2D eigenvalue weighted by Gasteiger charge is 2.13. The van der Waals surface area contributed by atoms with Gasteiger partial charge in [-0.15, -0.1) is 0 Å². The van der Waals surface area contributed by atoms with Crippen molar-refractivity contribution in [1.29, 1.82) is 0 Å². The second-order valence-electron chi connectivity index (χ2n) is 4.39. The minimum absolute atomic E-state index is 0.286. The average Bonchev–Trinajstić information content (AvgIpc) is 2.94. The molecule has 5 heteroatoms. The van der Waals surface area contributed by atoms with Crippen LogP contribution in [-0.4, -0.2) is 13.9 Å². The van der Waals surface area contributed by atoms with Gasteiger partial charge < -0.3 is 19.5 Å². The summed E-state index contributed by atoms with van der Waals surface area (Å²) in [5.41, 5.74) is 1.93. The second kappa shape index (κ2) is 5.51. The highest BCUT2D eigenvalue weighted by molar-refractivity contribution is 6.33. The van der Waals surface area contributed by atoms with Gasteiger partial charge in [0.05, 0.1) is 17.8 Å². The maximum Gasteiger partial charge on any atom is 0.231 e. The fourth-order valence-electron chi connectivity index (χ4n) is 2.02. The first kappa shape index (κ1) is 12.9. The topological polar surface area (TPSA) is 39.7 Å². The zero-order chi connectivity index (χ0) is 13.9. The van der Waals surface area contributed by atoms with E-state index >= 15 is 0 Å². The molecule has 0 amide bonds. The Morgan fingerprint density at radius 2 is 2.00 bits per heavy atom. The number of hydrogen-bond donors (Lipinski definition) is 1. The summed E-state index contributed by atoms with van der Waals surface area (Å²) >= 11 is 6.15. The van der Waals surface area contributed by atoms with E-state index < -0.39 is 0 Å². The summed E-state index contributed by atoms with van der Waals surface area (Å²) in [6.45, 7) is 0.928. The molecule has 0 saturated carbocycles. The molecule has 0 radical (unpaired) electrons. The number of rotatable bonds is 4. The van der Waals surface area contributed by atoms with Crippen LogP contribution in [0, 0.1) is 0 Å². The van der Waals surface area contributed by atoms with E-state index in [-0.39, 0.29) is 6.79 Å². The quantitative estimate of drug-likeness (QED) is 0.932. The van der Waals surface area contributed by atoms with Crippen LogP contribution in [0.1, 0.15) is 5.56 Å². The molecule has 4 nitrogen and oxygen atoms in total. The minimum atomic E-state index is 0.286. The first-order valence-electron chi connectivity index (χ1n) is 6.22. The van der Waals surface area contributed by atoms with Crippen LogP contribution < -0.4 is 19.5 Å². The molecule has 0 spiro atoms. The molecule has 2 aromatic carbocycles. The fourth-order valence-corrected chi connectivity index (χ4v) is 2.20. The van der Waals surface area contributed by atoms with Crippen molar-refractivity contribution in [3.8, 4) is 17.2 Å². The standard InChI is InChI=1S/C15H14ClNO3/c1-18-11-3-4-12(16)13(7-11)17-8-10-2-5-14-15(6-10)20-9-19-14/h2-7,17H,8-9H2,1H3. The lowest BCUT2D eigenvalue weighted by Crippen LogP contribution is -2.00. The van der Waals surface area contributed by atoms with Gasteiger partial charge >= 0.3 is 0 Å². The van der Waals surface area contributed by atoms with E-state index in [1.807, 2.05) is 36.4 Å². The summed E-state index contributed by atoms with van der Waals surface area (Å²) in [4.78, 5) is 0. The zero-order valence-corrected chi connectivity index (χ0v) is 11.7. The van der Waals surface area contributed by atoms with Crippen molar-refractivity contribution < 1.29 is 14.2 Å². The normalized spacial score (nSPS) is 12.3. The number of hydrogen-bond acceptors (Lipinski definition) is 4. The maximum absolute atomic E-state index is 6.15. The van der Waals surface area contributed by atoms with Crippen LogP contribution in [0.5, 0.6) is 17.2 Å². The highest BCUT2D eigenvalue weighted by atomic mass is 35.5. The molecule has 0 aliphatic carbocycles. The third-order valence-electron chi connectivity index (χ3n) is 3.09. The van der Waals surface area contributed by atoms with Crippen molar-refractivity contribution in [3.05, 3.63) is 47.0 Å². The Kier molecular flexibility index (Phi) is 3.56. The van der Waals surface area contributed by atoms with Gasteiger partial charge in [-0.3, -0.25) is 0 Å². The lowest BCUT2D eigenvalue weighted by atomic mass is 10.2. The molecule has 0 aromatic heterocycles. The number of fused-ring (bicyclic) bond motifs is 1. The van der Waals surface area contributed by atoms with E-state index in [0.717, 1.165) is 28.5 Å². The molecule has 0 fully saturated rings. The highest BCUT2D eigenvalue weighted by Crippen LogP contribution is 2.33. The SMILES string of the molecule is COc1ccc(Cl)c(NCc2ccc3c(c2)OCO3)c1. The first-order chi connectivity index (χ1) is 9.76. The van der Waals surface area contributed by atoms with Crippen LogP contribution in [0.3, 0.4) is 0 Å². The van der Waals surface area contributed by atoms with E-state index in [2.05, 4.69) is 5.32 Å². The Labute approximate surface area is 122 Å². The zero-order valence-electron chi connectivity index (χ0n) is 11.0. The van der Waals surface area contributed by atoms with Crippen LogP contribution in [0.15, 0.2) is 36.4 Å². The molecule has 20 heavy (non-hydrogen) atoms. The van der Waals surface area contributed by atoms with Gasteiger partial charge in [0, 0.05) is 12.6 Å². The summed E-state index contributed by atoms with van der Waals surface area (Å²) < 4.78 is 15.8. The van der Waals surface area contributed by atoms with E-state index in [0.29, 0.717) is 11.6 Å². The summed E-state index contributed by atoms with van der Waals surface area (Å²) in [6, 6.07) is 11.4. The molecule has 2 aromatic rings. The van der Waals surface area contributed by atoms with Gasteiger partial charge in [-0.1, -0.05) is 17.7 Å². The Hall–Kier alpha value is -2.07. The molecule has 104 valence electrons. The van der Waals surface area contributed by atoms with Crippen molar-refractivity contribution in [1.82, 2.24) is 0 Å². The van der Waals surface area contributed by atoms with Crippen molar-refractivity contribution in [2.24, 2.45) is 0 Å². The molecular weight excluding hydrogens is 278 g/mol. The summed E-state index contributed by atoms with van der Waals surface area (Å²) in [5, 5.41) is 3.95. The lowest BCUT2D eigenvalue weighted by Gasteiger charge is -2.10. The average molecular weight is 292 g/mol. The first-order valence-corrected chi connectivity index (χ1v) is 6.60. The predicted molar refractivity (Wildman–Crippen MR) is 77.9 cm³/mol. The van der Waals surface area contributed by atoms with Crippen LogP contribution in [0.2, 0.25) is 5.02 Å². The van der Waals surface area contributed by atoms with E-state index in [4.69, 9.17) is 25.8 Å². The third kappa shape index (κ3) is 2.60. The monoisotopic (exact) mass is 291 g/mol. The predicted octanol–water partition coefficient (Wildman–Crippen LogP) is 3.69. The van der Waals surface area contributed by atoms with Gasteiger partial charge in [0.1, 0.15) is 5.75 Å². The smallest absolute Gasteiger partial charge is 0.231 e. The van der Waals surface area contributed by atoms with Crippen LogP contribution >= 0.6 is 11.6 Å². The van der Waals surface area contributed by atoms with Crippen LogP contribution in [0.4, 0.5) is 5.69 Å². The summed E-state index contributed by atoms with van der Waals surface area (Å²) in [5.74, 6) is 2.33. The number of anilines is 1. The Balaban J connectivity index is 1.73. The largest absolute Gasteiger partial charge is 0.497 e. The number of benzene rings is 2. The van der Waals surface area contributed by atoms with Gasteiger partial charge in [-0.25, -0.2) is 0 Å². The molecule has 3 rings (SSSR count). The van der Waals surface area contributed by atoms with Gasteiger partial charge in [0.15, 0.2) is 11.5 Å². The number of nitrogens with one attached hydrogen (secondary N) is 1. The lowest BCUT2D eigenvalue weighted by molar-refractivity contribution is 0.174. The summed E-state index contributed by atoms with van der Waals surface area (Å²) in [6.07, 6.45) is 0. The molecule has 1 aliphatic heterocycles. The van der Waals surface area contributed by atoms with Crippen molar-refractivity contribution in [3.63, 3.8) is 0 Å². The summed E-state index contributed by atoms with van der Waals surface area (Å²) in [7, 11) is 1.63.